The zero-order valence-corrected chi connectivity index (χ0v) is 6.82. The summed E-state index contributed by atoms with van der Waals surface area (Å²) >= 11 is 0. The van der Waals surface area contributed by atoms with E-state index in [2.05, 4.69) is 0 Å². The number of likely N-dealkylation sites (tertiary alicyclic amines) is 1. The molecule has 0 radical (unpaired) electrons. The van der Waals surface area contributed by atoms with Gasteiger partial charge in [0, 0.05) is 26.1 Å². The summed E-state index contributed by atoms with van der Waals surface area (Å²) in [6.07, 6.45) is 0.245. The molecule has 1 aliphatic heterocycles. The maximum atomic E-state index is 11.1. The van der Waals surface area contributed by atoms with Gasteiger partial charge in [-0.25, -0.2) is 0 Å². The summed E-state index contributed by atoms with van der Waals surface area (Å²) in [6, 6.07) is 0. The van der Waals surface area contributed by atoms with Crippen LogP contribution in [0.2, 0.25) is 0 Å². The van der Waals surface area contributed by atoms with Crippen molar-refractivity contribution in [2.75, 3.05) is 19.6 Å². The minimum atomic E-state index is -0.400. The second kappa shape index (κ2) is 3.53. The number of nitrogens with two attached hydrogens (primary N) is 2. The molecule has 0 spiro atoms. The lowest BCUT2D eigenvalue weighted by molar-refractivity contribution is -0.128. The highest BCUT2D eigenvalue weighted by Gasteiger charge is 2.32. The summed E-state index contributed by atoms with van der Waals surface area (Å²) in [6.45, 7) is 1.38. The normalized spacial score (nSPS) is 23.2. The average Bonchev–Trinajstić information content (AvgIpc) is 2.34. The number of amides is 2. The van der Waals surface area contributed by atoms with Crippen LogP contribution in [0.1, 0.15) is 6.42 Å². The van der Waals surface area contributed by atoms with E-state index in [-0.39, 0.29) is 18.2 Å². The summed E-state index contributed by atoms with van der Waals surface area (Å²) in [7, 11) is 0. The van der Waals surface area contributed by atoms with Crippen molar-refractivity contribution >= 4 is 11.8 Å². The van der Waals surface area contributed by atoms with Crippen molar-refractivity contribution in [3.63, 3.8) is 0 Å². The van der Waals surface area contributed by atoms with Crippen LogP contribution >= 0.6 is 0 Å². The van der Waals surface area contributed by atoms with Gasteiger partial charge < -0.3 is 16.4 Å². The summed E-state index contributed by atoms with van der Waals surface area (Å²) in [4.78, 5) is 23.4. The van der Waals surface area contributed by atoms with Crippen molar-refractivity contribution < 1.29 is 9.59 Å². The number of carbonyl (C=O) groups excluding carboxylic acids is 2. The molecule has 68 valence electrons. The second-order valence-corrected chi connectivity index (χ2v) is 2.93. The van der Waals surface area contributed by atoms with Gasteiger partial charge in [-0.05, 0) is 0 Å². The van der Waals surface area contributed by atoms with Gasteiger partial charge in [-0.1, -0.05) is 0 Å². The van der Waals surface area contributed by atoms with E-state index in [0.717, 1.165) is 0 Å². The topological polar surface area (TPSA) is 89.4 Å². The van der Waals surface area contributed by atoms with Gasteiger partial charge in [0.1, 0.15) is 0 Å². The average molecular weight is 171 g/mol. The molecule has 0 aromatic rings. The van der Waals surface area contributed by atoms with Crippen LogP contribution in [0.25, 0.3) is 0 Å². The van der Waals surface area contributed by atoms with Crippen molar-refractivity contribution in [2.45, 2.75) is 6.42 Å². The standard InChI is InChI=1S/C7H13N3O2/c8-1-2-10-4-5(7(9)12)3-6(10)11/h5H,1-4,8H2,(H2,9,12). The molecule has 1 rings (SSSR count). The fraction of sp³-hybridized carbons (Fsp3) is 0.714. The Morgan fingerprint density at radius 1 is 1.67 bits per heavy atom. The van der Waals surface area contributed by atoms with Crippen LogP contribution in [0, 0.1) is 5.92 Å². The van der Waals surface area contributed by atoms with Crippen LogP contribution in [0.5, 0.6) is 0 Å². The van der Waals surface area contributed by atoms with Crippen molar-refractivity contribution in [2.24, 2.45) is 17.4 Å². The van der Waals surface area contributed by atoms with E-state index in [0.29, 0.717) is 19.6 Å². The van der Waals surface area contributed by atoms with Gasteiger partial charge in [0.2, 0.25) is 11.8 Å². The molecule has 0 aromatic carbocycles. The lowest BCUT2D eigenvalue weighted by Gasteiger charge is -2.13. The third kappa shape index (κ3) is 1.73. The number of rotatable bonds is 3. The van der Waals surface area contributed by atoms with Gasteiger partial charge in [0.25, 0.3) is 0 Å². The Bertz CT molecular complexity index is 205. The number of carbonyl (C=O) groups is 2. The Morgan fingerprint density at radius 3 is 2.75 bits per heavy atom. The highest BCUT2D eigenvalue weighted by Crippen LogP contribution is 2.16. The third-order valence-corrected chi connectivity index (χ3v) is 2.02. The molecule has 5 nitrogen and oxygen atoms in total. The lowest BCUT2D eigenvalue weighted by atomic mass is 10.1. The van der Waals surface area contributed by atoms with Gasteiger partial charge in [-0.2, -0.15) is 0 Å². The van der Waals surface area contributed by atoms with Crippen LogP contribution in [0.15, 0.2) is 0 Å². The second-order valence-electron chi connectivity index (χ2n) is 2.93. The molecule has 0 aliphatic carbocycles. The first-order chi connectivity index (χ1) is 5.65. The molecule has 1 fully saturated rings. The minimum Gasteiger partial charge on any atom is -0.369 e. The summed E-state index contributed by atoms with van der Waals surface area (Å²) < 4.78 is 0. The van der Waals surface area contributed by atoms with Crippen LogP contribution in [-0.2, 0) is 9.59 Å². The third-order valence-electron chi connectivity index (χ3n) is 2.02. The smallest absolute Gasteiger partial charge is 0.223 e. The van der Waals surface area contributed by atoms with E-state index in [1.807, 2.05) is 0 Å². The highest BCUT2D eigenvalue weighted by atomic mass is 16.2. The molecule has 5 heteroatoms. The number of primary amides is 1. The summed E-state index contributed by atoms with van der Waals surface area (Å²) in [5.74, 6) is -0.740. The summed E-state index contributed by atoms with van der Waals surface area (Å²) in [5.41, 5.74) is 10.4. The fourth-order valence-electron chi connectivity index (χ4n) is 1.33. The fourth-order valence-corrected chi connectivity index (χ4v) is 1.33. The Kier molecular flexibility index (Phi) is 2.65. The van der Waals surface area contributed by atoms with E-state index in [1.165, 1.54) is 0 Å². The quantitative estimate of drug-likeness (QED) is 0.529. The highest BCUT2D eigenvalue weighted by molar-refractivity contribution is 5.88. The van der Waals surface area contributed by atoms with Crippen LogP contribution < -0.4 is 11.5 Å². The van der Waals surface area contributed by atoms with Gasteiger partial charge in [-0.3, -0.25) is 9.59 Å². The minimum absolute atomic E-state index is 0.0238. The Hall–Kier alpha value is -1.10. The van der Waals surface area contributed by atoms with E-state index in [9.17, 15) is 9.59 Å². The molecule has 12 heavy (non-hydrogen) atoms. The largest absolute Gasteiger partial charge is 0.369 e. The van der Waals surface area contributed by atoms with E-state index in [1.54, 1.807) is 4.90 Å². The predicted molar refractivity (Wildman–Crippen MR) is 42.9 cm³/mol. The van der Waals surface area contributed by atoms with Crippen molar-refractivity contribution in [3.05, 3.63) is 0 Å². The Labute approximate surface area is 70.7 Å². The van der Waals surface area contributed by atoms with Crippen molar-refractivity contribution in [1.29, 1.82) is 0 Å². The van der Waals surface area contributed by atoms with Crippen LogP contribution in [-0.4, -0.2) is 36.3 Å². The first-order valence-corrected chi connectivity index (χ1v) is 3.92. The number of nitrogens with zero attached hydrogens (tertiary/aromatic N) is 1. The van der Waals surface area contributed by atoms with Crippen LogP contribution in [0.4, 0.5) is 0 Å². The molecule has 1 unspecified atom stereocenters. The molecule has 1 aliphatic rings. The molecular formula is C7H13N3O2. The monoisotopic (exact) mass is 171 g/mol. The maximum absolute atomic E-state index is 11.1. The van der Waals surface area contributed by atoms with Gasteiger partial charge >= 0.3 is 0 Å². The molecule has 1 saturated heterocycles. The zero-order valence-electron chi connectivity index (χ0n) is 6.82. The molecular weight excluding hydrogens is 158 g/mol. The Balaban J connectivity index is 2.50. The molecule has 0 aromatic heterocycles. The summed E-state index contributed by atoms with van der Waals surface area (Å²) in [5, 5.41) is 0. The molecule has 1 heterocycles. The van der Waals surface area contributed by atoms with Crippen LogP contribution in [0.3, 0.4) is 0 Å². The number of hydrogen-bond acceptors (Lipinski definition) is 3. The molecule has 2 amide bonds. The first kappa shape index (κ1) is 8.99. The number of hydrogen-bond donors (Lipinski definition) is 2. The van der Waals surface area contributed by atoms with Gasteiger partial charge in [-0.15, -0.1) is 0 Å². The van der Waals surface area contributed by atoms with E-state index >= 15 is 0 Å². The van der Waals surface area contributed by atoms with Gasteiger partial charge in [0.15, 0.2) is 0 Å². The lowest BCUT2D eigenvalue weighted by Crippen LogP contribution is -2.32. The molecule has 0 saturated carbocycles. The Morgan fingerprint density at radius 2 is 2.33 bits per heavy atom. The van der Waals surface area contributed by atoms with Gasteiger partial charge in [0.05, 0.1) is 5.92 Å². The maximum Gasteiger partial charge on any atom is 0.223 e. The predicted octanol–water partition coefficient (Wildman–Crippen LogP) is -1.72. The first-order valence-electron chi connectivity index (χ1n) is 3.92. The zero-order chi connectivity index (χ0) is 9.14. The van der Waals surface area contributed by atoms with E-state index in [4.69, 9.17) is 11.5 Å². The van der Waals surface area contributed by atoms with Crippen molar-refractivity contribution in [1.82, 2.24) is 4.90 Å². The molecule has 0 bridgehead atoms. The molecule has 4 N–H and O–H groups in total. The molecule has 1 atom stereocenters. The SMILES string of the molecule is NCCN1CC(C(N)=O)CC1=O. The van der Waals surface area contributed by atoms with Crippen molar-refractivity contribution in [3.8, 4) is 0 Å². The van der Waals surface area contributed by atoms with E-state index < -0.39 is 5.91 Å².